The molecular formula is C16H13FO2S. The highest BCUT2D eigenvalue weighted by Crippen LogP contribution is 2.83. The summed E-state index contributed by atoms with van der Waals surface area (Å²) in [6.45, 7) is 0. The quantitative estimate of drug-likeness (QED) is 0.869. The first-order chi connectivity index (χ1) is 9.52. The van der Waals surface area contributed by atoms with E-state index in [-0.39, 0.29) is 11.2 Å². The van der Waals surface area contributed by atoms with Gasteiger partial charge in [0, 0.05) is 5.41 Å². The predicted molar refractivity (Wildman–Crippen MR) is 73.7 cm³/mol. The van der Waals surface area contributed by atoms with Gasteiger partial charge in [-0.15, -0.1) is 0 Å². The van der Waals surface area contributed by atoms with E-state index >= 15 is 0 Å². The van der Waals surface area contributed by atoms with Gasteiger partial charge in [0.15, 0.2) is 9.84 Å². The zero-order chi connectivity index (χ0) is 14.0. The molecule has 2 saturated carbocycles. The molecule has 0 heterocycles. The highest BCUT2D eigenvalue weighted by Gasteiger charge is 2.90. The van der Waals surface area contributed by atoms with Crippen molar-refractivity contribution >= 4 is 9.84 Å². The lowest BCUT2D eigenvalue weighted by molar-refractivity contribution is 0.587. The van der Waals surface area contributed by atoms with E-state index in [0.29, 0.717) is 17.7 Å². The van der Waals surface area contributed by atoms with Crippen LogP contribution in [-0.4, -0.2) is 13.2 Å². The minimum absolute atomic E-state index is 0.268. The van der Waals surface area contributed by atoms with Crippen LogP contribution in [0.5, 0.6) is 0 Å². The second-order valence-electron chi connectivity index (χ2n) is 5.75. The van der Waals surface area contributed by atoms with Gasteiger partial charge >= 0.3 is 0 Å². The minimum Gasteiger partial charge on any atom is -0.223 e. The molecule has 0 N–H and O–H groups in total. The second kappa shape index (κ2) is 3.50. The predicted octanol–water partition coefficient (Wildman–Crippen LogP) is 3.08. The van der Waals surface area contributed by atoms with Crippen molar-refractivity contribution in [3.8, 4) is 0 Å². The number of hydrogen-bond acceptors (Lipinski definition) is 2. The Labute approximate surface area is 117 Å². The summed E-state index contributed by atoms with van der Waals surface area (Å²) in [6, 6.07) is 14.8. The van der Waals surface area contributed by atoms with Crippen molar-refractivity contribution in [3.63, 3.8) is 0 Å². The van der Waals surface area contributed by atoms with Crippen molar-refractivity contribution in [2.24, 2.45) is 0 Å². The van der Waals surface area contributed by atoms with Crippen molar-refractivity contribution in [2.75, 3.05) is 0 Å². The summed E-state index contributed by atoms with van der Waals surface area (Å²) in [5, 5.41) is 0. The number of halogens is 1. The average molecular weight is 288 g/mol. The Morgan fingerprint density at radius 2 is 1.50 bits per heavy atom. The molecule has 4 rings (SSSR count). The number of hydrogen-bond donors (Lipinski definition) is 0. The van der Waals surface area contributed by atoms with Crippen molar-refractivity contribution in [1.29, 1.82) is 0 Å². The first-order valence-corrected chi connectivity index (χ1v) is 8.06. The summed E-state index contributed by atoms with van der Waals surface area (Å²) in [5.74, 6) is -0.289. The monoisotopic (exact) mass is 288 g/mol. The third kappa shape index (κ3) is 1.30. The van der Waals surface area contributed by atoms with Crippen LogP contribution < -0.4 is 0 Å². The summed E-state index contributed by atoms with van der Waals surface area (Å²) < 4.78 is 37.8. The van der Waals surface area contributed by atoms with Gasteiger partial charge in [-0.05, 0) is 42.7 Å². The highest BCUT2D eigenvalue weighted by molar-refractivity contribution is 7.93. The van der Waals surface area contributed by atoms with Gasteiger partial charge in [-0.3, -0.25) is 0 Å². The lowest BCUT2D eigenvalue weighted by atomic mass is 10.0. The smallest absolute Gasteiger partial charge is 0.185 e. The van der Waals surface area contributed by atoms with E-state index in [9.17, 15) is 12.8 Å². The van der Waals surface area contributed by atoms with Crippen molar-refractivity contribution < 1.29 is 12.8 Å². The van der Waals surface area contributed by atoms with Crippen LogP contribution in [0.25, 0.3) is 0 Å². The zero-order valence-corrected chi connectivity index (χ0v) is 11.5. The molecule has 0 unspecified atom stereocenters. The molecular weight excluding hydrogens is 275 g/mol. The Morgan fingerprint density at radius 3 is 2.10 bits per heavy atom. The average Bonchev–Trinajstić information content (AvgIpc) is 3.28. The fourth-order valence-corrected chi connectivity index (χ4v) is 5.82. The van der Waals surface area contributed by atoms with Gasteiger partial charge in [-0.25, -0.2) is 12.8 Å². The summed E-state index contributed by atoms with van der Waals surface area (Å²) in [7, 11) is -3.30. The minimum atomic E-state index is -3.30. The van der Waals surface area contributed by atoms with Gasteiger partial charge in [0.05, 0.1) is 9.64 Å². The van der Waals surface area contributed by atoms with Gasteiger partial charge in [0.2, 0.25) is 0 Å². The van der Waals surface area contributed by atoms with Crippen molar-refractivity contribution in [1.82, 2.24) is 0 Å². The van der Waals surface area contributed by atoms with Gasteiger partial charge in [0.25, 0.3) is 0 Å². The lowest BCUT2D eigenvalue weighted by Crippen LogP contribution is -2.14. The Bertz CT molecular complexity index is 773. The van der Waals surface area contributed by atoms with Gasteiger partial charge < -0.3 is 0 Å². The molecule has 2 nitrogen and oxygen atoms in total. The van der Waals surface area contributed by atoms with Crippen LogP contribution >= 0.6 is 0 Å². The van der Waals surface area contributed by atoms with Crippen LogP contribution in [0.2, 0.25) is 0 Å². The molecule has 2 fully saturated rings. The molecule has 2 aliphatic rings. The molecule has 2 aromatic carbocycles. The van der Waals surface area contributed by atoms with Crippen LogP contribution in [0.15, 0.2) is 59.5 Å². The maximum atomic E-state index is 13.0. The SMILES string of the molecule is O=S(=O)(c1ccccc1)C12CC1(c1ccc(F)cc1)C2. The van der Waals surface area contributed by atoms with E-state index in [1.165, 1.54) is 12.1 Å². The number of benzene rings is 2. The summed E-state index contributed by atoms with van der Waals surface area (Å²) >= 11 is 0. The Kier molecular flexibility index (Phi) is 2.11. The highest BCUT2D eigenvalue weighted by atomic mass is 32.2. The van der Waals surface area contributed by atoms with Crippen molar-refractivity contribution in [3.05, 3.63) is 66.0 Å². The van der Waals surface area contributed by atoms with Gasteiger partial charge in [0.1, 0.15) is 5.82 Å². The fourth-order valence-electron chi connectivity index (χ4n) is 3.34. The Morgan fingerprint density at radius 1 is 0.900 bits per heavy atom. The van der Waals surface area contributed by atoms with E-state index < -0.39 is 14.6 Å². The summed E-state index contributed by atoms with van der Waals surface area (Å²) in [5.41, 5.74) is 0.674. The zero-order valence-electron chi connectivity index (χ0n) is 10.7. The van der Waals surface area contributed by atoms with Crippen LogP contribution in [0.3, 0.4) is 0 Å². The van der Waals surface area contributed by atoms with Crippen LogP contribution in [0.4, 0.5) is 4.39 Å². The summed E-state index contributed by atoms with van der Waals surface area (Å²) in [4.78, 5) is 0.390. The normalized spacial score (nSPS) is 30.6. The standard InChI is InChI=1S/C16H13FO2S/c17-13-8-6-12(7-9-13)15-10-16(15,11-15)20(18,19)14-4-2-1-3-5-14/h1-9H,10-11H2. The second-order valence-corrected chi connectivity index (χ2v) is 8.01. The van der Waals surface area contributed by atoms with E-state index in [1.54, 1.807) is 36.4 Å². The van der Waals surface area contributed by atoms with Gasteiger partial charge in [-0.1, -0.05) is 30.3 Å². The van der Waals surface area contributed by atoms with Gasteiger partial charge in [-0.2, -0.15) is 0 Å². The largest absolute Gasteiger partial charge is 0.223 e. The molecule has 102 valence electrons. The van der Waals surface area contributed by atoms with E-state index in [2.05, 4.69) is 0 Å². The third-order valence-electron chi connectivity index (χ3n) is 4.76. The molecule has 0 aromatic heterocycles. The number of sulfone groups is 1. The Balaban J connectivity index is 1.73. The lowest BCUT2D eigenvalue weighted by Gasteiger charge is -2.05. The molecule has 0 amide bonds. The molecule has 0 spiro atoms. The number of rotatable bonds is 3. The maximum Gasteiger partial charge on any atom is 0.185 e. The van der Waals surface area contributed by atoms with E-state index in [4.69, 9.17) is 0 Å². The molecule has 20 heavy (non-hydrogen) atoms. The maximum absolute atomic E-state index is 13.0. The van der Waals surface area contributed by atoms with Crippen LogP contribution in [0, 0.1) is 5.82 Å². The molecule has 2 aromatic rings. The molecule has 0 atom stereocenters. The topological polar surface area (TPSA) is 34.1 Å². The van der Waals surface area contributed by atoms with Crippen LogP contribution in [-0.2, 0) is 15.3 Å². The molecule has 0 radical (unpaired) electrons. The van der Waals surface area contributed by atoms with E-state index in [0.717, 1.165) is 5.56 Å². The molecule has 2 aliphatic carbocycles. The van der Waals surface area contributed by atoms with Crippen LogP contribution in [0.1, 0.15) is 18.4 Å². The first-order valence-electron chi connectivity index (χ1n) is 6.58. The molecule has 4 heteroatoms. The molecule has 0 bridgehead atoms. The summed E-state index contributed by atoms with van der Waals surface area (Å²) in [6.07, 6.45) is 1.31. The molecule has 0 saturated heterocycles. The molecule has 0 aliphatic heterocycles. The third-order valence-corrected chi connectivity index (χ3v) is 7.36. The van der Waals surface area contributed by atoms with E-state index in [1.807, 2.05) is 6.07 Å². The fraction of sp³-hybridized carbons (Fsp3) is 0.250. The number of fused-ring (bicyclic) bond motifs is 1. The van der Waals surface area contributed by atoms with Crippen molar-refractivity contribution in [2.45, 2.75) is 27.9 Å². The Hall–Kier alpha value is -1.68. The first kappa shape index (κ1) is 12.1.